The van der Waals surface area contributed by atoms with E-state index in [1.807, 2.05) is 0 Å². The maximum absolute atomic E-state index is 12.4. The molecule has 0 bridgehead atoms. The lowest BCUT2D eigenvalue weighted by Crippen LogP contribution is -2.48. The third-order valence-electron chi connectivity index (χ3n) is 6.70. The van der Waals surface area contributed by atoms with E-state index in [-0.39, 0.29) is 0 Å². The first-order valence-corrected chi connectivity index (χ1v) is 10.8. The highest BCUT2D eigenvalue weighted by Gasteiger charge is 2.27. The number of rotatable bonds is 6. The van der Waals surface area contributed by atoms with Crippen LogP contribution in [-0.4, -0.2) is 47.9 Å². The quantitative estimate of drug-likeness (QED) is 0.663. The summed E-state index contributed by atoms with van der Waals surface area (Å²) < 4.78 is 0. The van der Waals surface area contributed by atoms with Crippen LogP contribution in [0.5, 0.6) is 0 Å². The highest BCUT2D eigenvalue weighted by atomic mass is 16.2. The molecule has 2 heterocycles. The number of piperidine rings is 2. The minimum atomic E-state index is 0.427. The van der Waals surface area contributed by atoms with Crippen LogP contribution >= 0.6 is 0 Å². The van der Waals surface area contributed by atoms with Gasteiger partial charge in [0.25, 0.3) is 0 Å². The summed E-state index contributed by atoms with van der Waals surface area (Å²) in [6, 6.07) is 0.751. The normalized spacial score (nSPS) is 25.1. The predicted octanol–water partition coefficient (Wildman–Crippen LogP) is 4.60. The number of carbonyl (C=O) groups is 1. The maximum Gasteiger partial charge on any atom is 0.222 e. The van der Waals surface area contributed by atoms with Gasteiger partial charge in [0.1, 0.15) is 0 Å². The fourth-order valence-corrected chi connectivity index (χ4v) is 5.11. The first-order chi connectivity index (χ1) is 11.8. The molecule has 0 spiro atoms. The number of nitrogens with zero attached hydrogens (tertiary/aromatic N) is 2. The third kappa shape index (κ3) is 5.47. The van der Waals surface area contributed by atoms with Gasteiger partial charge in [-0.05, 0) is 51.1 Å². The first-order valence-electron chi connectivity index (χ1n) is 10.8. The third-order valence-corrected chi connectivity index (χ3v) is 6.70. The predicted molar refractivity (Wildman–Crippen MR) is 100 cm³/mol. The highest BCUT2D eigenvalue weighted by molar-refractivity contribution is 5.76. The molecule has 0 atom stereocenters. The Balaban J connectivity index is 1.27. The second-order valence-electron chi connectivity index (χ2n) is 8.46. The fraction of sp³-hybridized carbons (Fsp3) is 0.952. The minimum Gasteiger partial charge on any atom is -0.343 e. The van der Waals surface area contributed by atoms with Crippen LogP contribution in [0.2, 0.25) is 0 Å². The van der Waals surface area contributed by atoms with Gasteiger partial charge in [0, 0.05) is 25.6 Å². The van der Waals surface area contributed by atoms with Gasteiger partial charge in [-0.15, -0.1) is 0 Å². The zero-order valence-corrected chi connectivity index (χ0v) is 15.7. The van der Waals surface area contributed by atoms with Gasteiger partial charge in [0.05, 0.1) is 0 Å². The zero-order chi connectivity index (χ0) is 16.6. The Morgan fingerprint density at radius 2 is 1.42 bits per heavy atom. The molecule has 1 amide bonds. The smallest absolute Gasteiger partial charge is 0.222 e. The van der Waals surface area contributed by atoms with Crippen LogP contribution < -0.4 is 0 Å². The standard InChI is InChI=1S/C21H38N2O/c24-21(12-6-5-11-19-9-3-1-4-10-19)23-17-13-20(14-18-23)22-15-7-2-8-16-22/h19-20H,1-18H2. The Bertz CT molecular complexity index is 364. The van der Waals surface area contributed by atoms with Crippen molar-refractivity contribution in [3.8, 4) is 0 Å². The molecule has 0 aromatic rings. The Morgan fingerprint density at radius 3 is 2.12 bits per heavy atom. The van der Waals surface area contributed by atoms with Gasteiger partial charge in [0.15, 0.2) is 0 Å². The molecule has 2 saturated heterocycles. The number of likely N-dealkylation sites (tertiary alicyclic amines) is 2. The molecule has 0 radical (unpaired) electrons. The summed E-state index contributed by atoms with van der Waals surface area (Å²) in [7, 11) is 0. The van der Waals surface area contributed by atoms with Crippen LogP contribution in [0.4, 0.5) is 0 Å². The molecule has 0 aromatic carbocycles. The maximum atomic E-state index is 12.4. The molecule has 1 saturated carbocycles. The lowest BCUT2D eigenvalue weighted by Gasteiger charge is -2.40. The van der Waals surface area contributed by atoms with E-state index >= 15 is 0 Å². The van der Waals surface area contributed by atoms with Gasteiger partial charge in [-0.1, -0.05) is 51.4 Å². The van der Waals surface area contributed by atoms with E-state index in [2.05, 4.69) is 9.80 Å². The second kappa shape index (κ2) is 9.79. The molecule has 2 aliphatic heterocycles. The minimum absolute atomic E-state index is 0.427. The van der Waals surface area contributed by atoms with E-state index in [1.54, 1.807) is 0 Å². The molecule has 3 fully saturated rings. The Kier molecular flexibility index (Phi) is 7.44. The molecule has 1 aliphatic carbocycles. The number of amides is 1. The Labute approximate surface area is 149 Å². The largest absolute Gasteiger partial charge is 0.343 e. The summed E-state index contributed by atoms with van der Waals surface area (Å²) >= 11 is 0. The number of carbonyl (C=O) groups excluding carboxylic acids is 1. The summed E-state index contributed by atoms with van der Waals surface area (Å²) in [6.07, 6.45) is 18.3. The van der Waals surface area contributed by atoms with Crippen LogP contribution in [0, 0.1) is 5.92 Å². The van der Waals surface area contributed by atoms with Crippen LogP contribution in [0.3, 0.4) is 0 Å². The van der Waals surface area contributed by atoms with E-state index in [4.69, 9.17) is 0 Å². The monoisotopic (exact) mass is 334 g/mol. The molecule has 3 aliphatic rings. The molecule has 0 unspecified atom stereocenters. The average molecular weight is 335 g/mol. The van der Waals surface area contributed by atoms with E-state index < -0.39 is 0 Å². The van der Waals surface area contributed by atoms with Gasteiger partial charge in [-0.3, -0.25) is 4.79 Å². The van der Waals surface area contributed by atoms with E-state index in [0.717, 1.165) is 37.9 Å². The topological polar surface area (TPSA) is 23.6 Å². The average Bonchev–Trinajstić information content (AvgIpc) is 2.67. The molecule has 0 aromatic heterocycles. The van der Waals surface area contributed by atoms with Crippen LogP contribution in [0.25, 0.3) is 0 Å². The summed E-state index contributed by atoms with van der Waals surface area (Å²) in [6.45, 7) is 4.59. The number of hydrogen-bond donors (Lipinski definition) is 0. The zero-order valence-electron chi connectivity index (χ0n) is 15.7. The molecule has 3 rings (SSSR count). The van der Waals surface area contributed by atoms with E-state index in [9.17, 15) is 4.79 Å². The molecular weight excluding hydrogens is 296 g/mol. The lowest BCUT2D eigenvalue weighted by atomic mass is 9.85. The fourth-order valence-electron chi connectivity index (χ4n) is 5.11. The van der Waals surface area contributed by atoms with Gasteiger partial charge < -0.3 is 9.80 Å². The highest BCUT2D eigenvalue weighted by Crippen LogP contribution is 2.28. The SMILES string of the molecule is O=C(CCCCC1CCCCC1)N1CCC(N2CCCCC2)CC1. The number of unbranched alkanes of at least 4 members (excludes halogenated alkanes) is 1. The molecule has 138 valence electrons. The van der Waals surface area contributed by atoms with Gasteiger partial charge >= 0.3 is 0 Å². The van der Waals surface area contributed by atoms with Crippen molar-refractivity contribution in [2.24, 2.45) is 5.92 Å². The van der Waals surface area contributed by atoms with Crippen molar-refractivity contribution in [3.63, 3.8) is 0 Å². The van der Waals surface area contributed by atoms with Crippen molar-refractivity contribution in [1.82, 2.24) is 9.80 Å². The summed E-state index contributed by atoms with van der Waals surface area (Å²) in [5, 5.41) is 0. The molecular formula is C21H38N2O. The van der Waals surface area contributed by atoms with Crippen molar-refractivity contribution >= 4 is 5.91 Å². The van der Waals surface area contributed by atoms with Crippen molar-refractivity contribution in [2.45, 2.75) is 95.9 Å². The van der Waals surface area contributed by atoms with Gasteiger partial charge in [0.2, 0.25) is 5.91 Å². The second-order valence-corrected chi connectivity index (χ2v) is 8.46. The van der Waals surface area contributed by atoms with E-state index in [1.165, 1.54) is 90.1 Å². The molecule has 0 N–H and O–H groups in total. The summed E-state index contributed by atoms with van der Waals surface area (Å²) in [4.78, 5) is 17.3. The van der Waals surface area contributed by atoms with Gasteiger partial charge in [-0.2, -0.15) is 0 Å². The van der Waals surface area contributed by atoms with Crippen LogP contribution in [-0.2, 0) is 4.79 Å². The molecule has 3 heteroatoms. The van der Waals surface area contributed by atoms with Crippen molar-refractivity contribution in [1.29, 1.82) is 0 Å². The summed E-state index contributed by atoms with van der Waals surface area (Å²) in [5.74, 6) is 1.39. The summed E-state index contributed by atoms with van der Waals surface area (Å²) in [5.41, 5.74) is 0. The lowest BCUT2D eigenvalue weighted by molar-refractivity contribution is -0.133. The molecule has 3 nitrogen and oxygen atoms in total. The first kappa shape index (κ1) is 18.2. The van der Waals surface area contributed by atoms with E-state index in [0.29, 0.717) is 5.91 Å². The van der Waals surface area contributed by atoms with Crippen molar-refractivity contribution < 1.29 is 4.79 Å². The van der Waals surface area contributed by atoms with Crippen LogP contribution in [0.15, 0.2) is 0 Å². The number of hydrogen-bond acceptors (Lipinski definition) is 2. The van der Waals surface area contributed by atoms with Crippen LogP contribution in [0.1, 0.15) is 89.9 Å². The molecule has 24 heavy (non-hydrogen) atoms. The van der Waals surface area contributed by atoms with Crippen molar-refractivity contribution in [2.75, 3.05) is 26.2 Å². The van der Waals surface area contributed by atoms with Crippen molar-refractivity contribution in [3.05, 3.63) is 0 Å². The Morgan fingerprint density at radius 1 is 0.750 bits per heavy atom. The Hall–Kier alpha value is -0.570. The van der Waals surface area contributed by atoms with Gasteiger partial charge in [-0.25, -0.2) is 0 Å².